The molecule has 1 fully saturated rings. The molecule has 1 aromatic carbocycles. The quantitative estimate of drug-likeness (QED) is 0.758. The fourth-order valence-corrected chi connectivity index (χ4v) is 5.52. The second kappa shape index (κ2) is 8.45. The van der Waals surface area contributed by atoms with E-state index in [2.05, 4.69) is 5.32 Å². The molecule has 1 aliphatic rings. The second-order valence-corrected chi connectivity index (χ2v) is 9.78. The minimum Gasteiger partial charge on any atom is -0.345 e. The van der Waals surface area contributed by atoms with E-state index in [0.29, 0.717) is 23.1 Å². The van der Waals surface area contributed by atoms with Crippen molar-refractivity contribution in [3.8, 4) is 0 Å². The molecule has 1 N–H and O–H groups in total. The van der Waals surface area contributed by atoms with Crippen LogP contribution < -0.4 is 5.32 Å². The summed E-state index contributed by atoms with van der Waals surface area (Å²) >= 11 is 12.1. The van der Waals surface area contributed by atoms with Gasteiger partial charge in [0.1, 0.15) is 10.6 Å². The summed E-state index contributed by atoms with van der Waals surface area (Å²) in [5.41, 5.74) is 1.00. The van der Waals surface area contributed by atoms with Crippen molar-refractivity contribution in [2.75, 3.05) is 13.1 Å². The van der Waals surface area contributed by atoms with Crippen molar-refractivity contribution in [3.63, 3.8) is 0 Å². The predicted molar refractivity (Wildman–Crippen MR) is 110 cm³/mol. The Morgan fingerprint density at radius 1 is 1.14 bits per heavy atom. The normalized spacial score (nSPS) is 16.7. The molecule has 3 rings (SSSR count). The van der Waals surface area contributed by atoms with Crippen LogP contribution in [-0.2, 0) is 17.1 Å². The van der Waals surface area contributed by atoms with E-state index < -0.39 is 10.0 Å². The Hall–Kier alpha value is -1.54. The van der Waals surface area contributed by atoms with Crippen LogP contribution >= 0.6 is 23.2 Å². The number of piperidine rings is 1. The third-order valence-corrected chi connectivity index (χ3v) is 7.37. The first kappa shape index (κ1) is 21.2. The first-order valence-corrected chi connectivity index (χ1v) is 11.3. The topological polar surface area (TPSA) is 71.4 Å². The molecule has 1 aliphatic heterocycles. The number of amides is 1. The first-order chi connectivity index (χ1) is 13.2. The minimum absolute atomic E-state index is 0.138. The predicted octanol–water partition coefficient (Wildman–Crippen LogP) is 4.00. The van der Waals surface area contributed by atoms with Crippen LogP contribution in [0.2, 0.25) is 10.0 Å². The molecule has 1 aromatic heterocycles. The summed E-state index contributed by atoms with van der Waals surface area (Å²) in [5, 5.41) is 3.84. The van der Waals surface area contributed by atoms with Gasteiger partial charge in [0.25, 0.3) is 5.91 Å². The average molecular weight is 444 g/mol. The highest BCUT2D eigenvalue weighted by molar-refractivity contribution is 7.89. The maximum absolute atomic E-state index is 12.8. The fraction of sp³-hybridized carbons (Fsp3) is 0.421. The summed E-state index contributed by atoms with van der Waals surface area (Å²) in [6, 6.07) is 6.14. The third kappa shape index (κ3) is 4.38. The standard InChI is InChI=1S/C19H23Cl2N3O3S/c1-13(16-7-6-14(20)10-17(16)21)22-19(25)18-11-15(12-23(18)2)28(26,27)24-8-4-3-5-9-24/h6-7,10-13H,3-5,8-9H2,1-2H3,(H,22,25). The highest BCUT2D eigenvalue weighted by atomic mass is 35.5. The number of rotatable bonds is 5. The Bertz CT molecular complexity index is 982. The van der Waals surface area contributed by atoms with E-state index in [-0.39, 0.29) is 22.5 Å². The van der Waals surface area contributed by atoms with Gasteiger partial charge in [-0.15, -0.1) is 0 Å². The van der Waals surface area contributed by atoms with Gasteiger partial charge < -0.3 is 9.88 Å². The molecule has 1 unspecified atom stereocenters. The Kier molecular flexibility index (Phi) is 6.39. The Balaban J connectivity index is 1.79. The summed E-state index contributed by atoms with van der Waals surface area (Å²) in [4.78, 5) is 12.9. The number of benzene rings is 1. The molecule has 28 heavy (non-hydrogen) atoms. The molecule has 6 nitrogen and oxygen atoms in total. The van der Waals surface area contributed by atoms with Gasteiger partial charge in [-0.3, -0.25) is 4.79 Å². The lowest BCUT2D eigenvalue weighted by atomic mass is 10.1. The van der Waals surface area contributed by atoms with E-state index in [1.165, 1.54) is 21.1 Å². The molecular formula is C19H23Cl2N3O3S. The van der Waals surface area contributed by atoms with Gasteiger partial charge in [-0.1, -0.05) is 35.7 Å². The van der Waals surface area contributed by atoms with Crippen LogP contribution in [0.25, 0.3) is 0 Å². The van der Waals surface area contributed by atoms with Gasteiger partial charge in [-0.2, -0.15) is 4.31 Å². The largest absolute Gasteiger partial charge is 0.345 e. The number of sulfonamides is 1. The SMILES string of the molecule is CC(NC(=O)c1cc(S(=O)(=O)N2CCCCC2)cn1C)c1ccc(Cl)cc1Cl. The van der Waals surface area contributed by atoms with Crippen molar-refractivity contribution in [2.24, 2.45) is 7.05 Å². The Labute approximate surface area is 175 Å². The lowest BCUT2D eigenvalue weighted by Crippen LogP contribution is -2.35. The molecule has 1 atom stereocenters. The second-order valence-electron chi connectivity index (χ2n) is 7.00. The van der Waals surface area contributed by atoms with E-state index >= 15 is 0 Å². The van der Waals surface area contributed by atoms with Gasteiger partial charge in [-0.25, -0.2) is 8.42 Å². The average Bonchev–Trinajstić information content (AvgIpc) is 3.05. The number of halogens is 2. The molecule has 0 radical (unpaired) electrons. The fourth-order valence-electron chi connectivity index (χ4n) is 3.36. The minimum atomic E-state index is -3.59. The number of hydrogen-bond donors (Lipinski definition) is 1. The summed E-state index contributed by atoms with van der Waals surface area (Å²) < 4.78 is 28.7. The van der Waals surface area contributed by atoms with Crippen LogP contribution in [0.15, 0.2) is 35.4 Å². The molecule has 1 saturated heterocycles. The number of nitrogens with zero attached hydrogens (tertiary/aromatic N) is 2. The maximum atomic E-state index is 12.8. The summed E-state index contributed by atoms with van der Waals surface area (Å²) in [6.07, 6.45) is 4.25. The van der Waals surface area contributed by atoms with Crippen LogP contribution in [0.1, 0.15) is 48.3 Å². The van der Waals surface area contributed by atoms with Crippen molar-refractivity contribution in [1.29, 1.82) is 0 Å². The zero-order valence-corrected chi connectivity index (χ0v) is 18.1. The van der Waals surface area contributed by atoms with Crippen molar-refractivity contribution in [2.45, 2.75) is 37.1 Å². The molecule has 0 spiro atoms. The van der Waals surface area contributed by atoms with E-state index in [9.17, 15) is 13.2 Å². The molecule has 9 heteroatoms. The van der Waals surface area contributed by atoms with Gasteiger partial charge in [0.2, 0.25) is 10.0 Å². The van der Waals surface area contributed by atoms with Crippen molar-refractivity contribution < 1.29 is 13.2 Å². The van der Waals surface area contributed by atoms with Crippen LogP contribution in [0.3, 0.4) is 0 Å². The van der Waals surface area contributed by atoms with Gasteiger partial charge in [0.05, 0.1) is 6.04 Å². The number of hydrogen-bond acceptors (Lipinski definition) is 3. The summed E-state index contributed by atoms with van der Waals surface area (Å²) in [5.74, 6) is -0.374. The van der Waals surface area contributed by atoms with E-state index in [0.717, 1.165) is 24.8 Å². The molecule has 152 valence electrons. The molecular weight excluding hydrogens is 421 g/mol. The Morgan fingerprint density at radius 2 is 1.82 bits per heavy atom. The number of nitrogens with one attached hydrogen (secondary N) is 1. The highest BCUT2D eigenvalue weighted by Crippen LogP contribution is 2.27. The summed E-state index contributed by atoms with van der Waals surface area (Å²) in [7, 11) is -1.94. The smallest absolute Gasteiger partial charge is 0.268 e. The van der Waals surface area contributed by atoms with Crippen molar-refractivity contribution in [3.05, 3.63) is 51.8 Å². The maximum Gasteiger partial charge on any atom is 0.268 e. The lowest BCUT2D eigenvalue weighted by Gasteiger charge is -2.25. The van der Waals surface area contributed by atoms with E-state index in [1.807, 2.05) is 0 Å². The monoisotopic (exact) mass is 443 g/mol. The van der Waals surface area contributed by atoms with E-state index in [1.54, 1.807) is 32.2 Å². The van der Waals surface area contributed by atoms with Gasteiger partial charge in [0.15, 0.2) is 0 Å². The molecule has 1 amide bonds. The Morgan fingerprint density at radius 3 is 2.46 bits per heavy atom. The van der Waals surface area contributed by atoms with Crippen LogP contribution in [0.5, 0.6) is 0 Å². The molecule has 2 aromatic rings. The van der Waals surface area contributed by atoms with Gasteiger partial charge in [0, 0.05) is 36.4 Å². The number of carbonyl (C=O) groups excluding carboxylic acids is 1. The molecule has 0 saturated carbocycles. The number of carbonyl (C=O) groups is 1. The van der Waals surface area contributed by atoms with Crippen LogP contribution in [0.4, 0.5) is 0 Å². The number of aryl methyl sites for hydroxylation is 1. The van der Waals surface area contributed by atoms with E-state index in [4.69, 9.17) is 23.2 Å². The van der Waals surface area contributed by atoms with Crippen molar-refractivity contribution in [1.82, 2.24) is 14.2 Å². The highest BCUT2D eigenvalue weighted by Gasteiger charge is 2.28. The van der Waals surface area contributed by atoms with Crippen LogP contribution in [-0.4, -0.2) is 36.3 Å². The van der Waals surface area contributed by atoms with Gasteiger partial charge in [-0.05, 0) is 43.5 Å². The number of aromatic nitrogens is 1. The third-order valence-electron chi connectivity index (χ3n) is 4.94. The van der Waals surface area contributed by atoms with Crippen molar-refractivity contribution >= 4 is 39.1 Å². The molecule has 0 aliphatic carbocycles. The first-order valence-electron chi connectivity index (χ1n) is 9.12. The molecule has 0 bridgehead atoms. The zero-order valence-electron chi connectivity index (χ0n) is 15.8. The lowest BCUT2D eigenvalue weighted by molar-refractivity contribution is 0.0931. The zero-order chi connectivity index (χ0) is 20.5. The molecule has 2 heterocycles. The van der Waals surface area contributed by atoms with Gasteiger partial charge >= 0.3 is 0 Å². The summed E-state index contributed by atoms with van der Waals surface area (Å²) in [6.45, 7) is 2.84. The van der Waals surface area contributed by atoms with Crippen LogP contribution in [0, 0.1) is 0 Å².